The van der Waals surface area contributed by atoms with Gasteiger partial charge in [-0.25, -0.2) is 8.78 Å². The zero-order valence-electron chi connectivity index (χ0n) is 14.3. The summed E-state index contributed by atoms with van der Waals surface area (Å²) in [5, 5.41) is 0. The normalized spacial score (nSPS) is 19.0. The minimum Gasteiger partial charge on any atom is -0.536 e. The largest absolute Gasteiger partial charge is 0.565 e. The highest BCUT2D eigenvalue weighted by atomic mass is 19.2. The lowest BCUT2D eigenvalue weighted by Gasteiger charge is -2.27. The number of aryl methyl sites for hydroxylation is 1. The van der Waals surface area contributed by atoms with E-state index in [1.807, 2.05) is 6.08 Å². The Morgan fingerprint density at radius 1 is 1.00 bits per heavy atom. The van der Waals surface area contributed by atoms with Gasteiger partial charge in [-0.15, -0.1) is 0 Å². The van der Waals surface area contributed by atoms with Crippen molar-refractivity contribution < 1.29 is 18.1 Å². The van der Waals surface area contributed by atoms with Crippen LogP contribution >= 0.6 is 0 Å². The van der Waals surface area contributed by atoms with Crippen LogP contribution in [0, 0.1) is 18.6 Å². The fourth-order valence-corrected chi connectivity index (χ4v) is 3.44. The van der Waals surface area contributed by atoms with Crippen molar-refractivity contribution in [2.75, 3.05) is 0 Å². The maximum absolute atomic E-state index is 14.5. The molecule has 0 aliphatic heterocycles. The Morgan fingerprint density at radius 2 is 1.79 bits per heavy atom. The maximum Gasteiger partial charge on any atom is 0.565 e. The molecule has 130 valence electrons. The van der Waals surface area contributed by atoms with Crippen molar-refractivity contribution in [1.29, 1.82) is 0 Å². The molecule has 0 aromatic heterocycles. The van der Waals surface area contributed by atoms with Crippen LogP contribution in [0.1, 0.15) is 63.4 Å². The first-order valence-electron chi connectivity index (χ1n) is 9.11. The molecule has 0 radical (unpaired) electrons. The van der Waals surface area contributed by atoms with E-state index in [1.54, 1.807) is 19.1 Å². The average Bonchev–Trinajstić information content (AvgIpc) is 2.61. The van der Waals surface area contributed by atoms with Crippen LogP contribution in [0.3, 0.4) is 0 Å². The van der Waals surface area contributed by atoms with E-state index in [0.717, 1.165) is 57.1 Å². The molecule has 0 saturated heterocycles. The molecule has 2 aliphatic carbocycles. The third-order valence-electron chi connectivity index (χ3n) is 4.94. The zero-order valence-corrected chi connectivity index (χ0v) is 14.3. The molecule has 1 saturated carbocycles. The van der Waals surface area contributed by atoms with Gasteiger partial charge in [0.05, 0.1) is 5.76 Å². The number of rotatable bonds is 5. The van der Waals surface area contributed by atoms with Crippen LogP contribution in [-0.4, -0.2) is 13.2 Å². The number of allylic oxidation sites excluding steroid dienone is 2. The van der Waals surface area contributed by atoms with Crippen molar-refractivity contribution >= 4 is 12.6 Å². The maximum atomic E-state index is 14.5. The lowest BCUT2D eigenvalue weighted by Crippen LogP contribution is -2.43. The topological polar surface area (TPSA) is 18.5 Å². The Balaban J connectivity index is 1.82. The molecule has 0 bridgehead atoms. The predicted octanol–water partition coefficient (Wildman–Crippen LogP) is 4.79. The molecule has 0 heterocycles. The summed E-state index contributed by atoms with van der Waals surface area (Å²) in [4.78, 5) is 0. The zero-order chi connectivity index (χ0) is 16.9. The van der Waals surface area contributed by atoms with Crippen LogP contribution in [0.2, 0.25) is 0 Å². The minimum absolute atomic E-state index is 0.0525. The van der Waals surface area contributed by atoms with E-state index in [-0.39, 0.29) is 11.6 Å². The van der Waals surface area contributed by atoms with Crippen LogP contribution in [-0.2, 0) is 9.31 Å². The quantitative estimate of drug-likeness (QED) is 0.721. The number of hydrogen-bond donors (Lipinski definition) is 0. The molecule has 0 atom stereocenters. The lowest BCUT2D eigenvalue weighted by atomic mass is 9.76. The summed E-state index contributed by atoms with van der Waals surface area (Å²) in [6.07, 6.45) is 11.5. The molecular formula is C19H25BF2O2. The van der Waals surface area contributed by atoms with Crippen LogP contribution < -0.4 is 5.46 Å². The molecule has 0 N–H and O–H groups in total. The van der Waals surface area contributed by atoms with Gasteiger partial charge in [0.1, 0.15) is 0 Å². The highest BCUT2D eigenvalue weighted by molar-refractivity contribution is 6.61. The van der Waals surface area contributed by atoms with Gasteiger partial charge < -0.3 is 9.31 Å². The highest BCUT2D eigenvalue weighted by Gasteiger charge is 2.33. The van der Waals surface area contributed by atoms with Gasteiger partial charge in [0.25, 0.3) is 0 Å². The molecule has 5 heteroatoms. The molecule has 2 nitrogen and oxygen atoms in total. The SMILES string of the molecule is Cc1ccc(B(OC2=CCCCC2)OC2CCCCC2)c(F)c1F. The standard InChI is InChI=1S/C19H25BF2O2/c1-14-12-13-17(19(22)18(14)21)20(23-15-8-4-2-5-9-15)24-16-10-6-3-7-11-16/h8,12-13,16H,2-7,9-11H2,1H3. The van der Waals surface area contributed by atoms with Crippen molar-refractivity contribution in [2.45, 2.75) is 70.8 Å². The summed E-state index contributed by atoms with van der Waals surface area (Å²) < 4.78 is 40.5. The Bertz CT molecular complexity index is 597. The van der Waals surface area contributed by atoms with E-state index in [0.29, 0.717) is 5.56 Å². The van der Waals surface area contributed by atoms with Crippen molar-refractivity contribution in [3.8, 4) is 0 Å². The van der Waals surface area contributed by atoms with E-state index in [2.05, 4.69) is 0 Å². The first kappa shape index (κ1) is 17.5. The third-order valence-corrected chi connectivity index (χ3v) is 4.94. The van der Waals surface area contributed by atoms with E-state index in [9.17, 15) is 8.78 Å². The van der Waals surface area contributed by atoms with E-state index in [4.69, 9.17) is 9.31 Å². The molecule has 0 amide bonds. The summed E-state index contributed by atoms with van der Waals surface area (Å²) >= 11 is 0. The fraction of sp³-hybridized carbons (Fsp3) is 0.579. The van der Waals surface area contributed by atoms with Gasteiger partial charge in [0.2, 0.25) is 0 Å². The van der Waals surface area contributed by atoms with Gasteiger partial charge >= 0.3 is 7.12 Å². The van der Waals surface area contributed by atoms with Gasteiger partial charge in [0, 0.05) is 18.0 Å². The van der Waals surface area contributed by atoms with Crippen LogP contribution in [0.5, 0.6) is 0 Å². The van der Waals surface area contributed by atoms with Crippen LogP contribution in [0.15, 0.2) is 24.0 Å². The Morgan fingerprint density at radius 3 is 2.50 bits per heavy atom. The molecule has 1 fully saturated rings. The van der Waals surface area contributed by atoms with Gasteiger partial charge in [0.15, 0.2) is 11.6 Å². The van der Waals surface area contributed by atoms with Crippen molar-refractivity contribution in [2.24, 2.45) is 0 Å². The summed E-state index contributed by atoms with van der Waals surface area (Å²) in [7, 11) is -0.868. The van der Waals surface area contributed by atoms with Crippen molar-refractivity contribution in [1.82, 2.24) is 0 Å². The number of hydrogen-bond acceptors (Lipinski definition) is 2. The van der Waals surface area contributed by atoms with Gasteiger partial charge in [-0.1, -0.05) is 31.4 Å². The molecular weight excluding hydrogens is 309 g/mol. The summed E-state index contributed by atoms with van der Waals surface area (Å²) in [5.41, 5.74) is 0.458. The second-order valence-electron chi connectivity index (χ2n) is 6.86. The predicted molar refractivity (Wildman–Crippen MR) is 92.1 cm³/mol. The Labute approximate surface area is 143 Å². The number of benzene rings is 1. The third kappa shape index (κ3) is 4.18. The van der Waals surface area contributed by atoms with Gasteiger partial charge in [-0.2, -0.15) is 0 Å². The van der Waals surface area contributed by atoms with Crippen LogP contribution in [0.4, 0.5) is 8.78 Å². The summed E-state index contributed by atoms with van der Waals surface area (Å²) in [6.45, 7) is 1.56. The average molecular weight is 334 g/mol. The van der Waals surface area contributed by atoms with E-state index in [1.165, 1.54) is 6.42 Å². The Hall–Kier alpha value is -1.36. The van der Waals surface area contributed by atoms with Gasteiger partial charge in [-0.3, -0.25) is 0 Å². The summed E-state index contributed by atoms with van der Waals surface area (Å²) in [6, 6.07) is 3.17. The van der Waals surface area contributed by atoms with E-state index >= 15 is 0 Å². The molecule has 0 unspecified atom stereocenters. The molecule has 0 spiro atoms. The van der Waals surface area contributed by atoms with Gasteiger partial charge in [-0.05, 0) is 50.7 Å². The smallest absolute Gasteiger partial charge is 0.536 e. The molecule has 2 aliphatic rings. The first-order valence-corrected chi connectivity index (χ1v) is 9.11. The van der Waals surface area contributed by atoms with Crippen molar-refractivity contribution in [3.63, 3.8) is 0 Å². The van der Waals surface area contributed by atoms with Crippen LogP contribution in [0.25, 0.3) is 0 Å². The molecule has 24 heavy (non-hydrogen) atoms. The molecule has 3 rings (SSSR count). The summed E-state index contributed by atoms with van der Waals surface area (Å²) in [5.74, 6) is -0.833. The first-order chi connectivity index (χ1) is 11.6. The molecule has 1 aromatic carbocycles. The lowest BCUT2D eigenvalue weighted by molar-refractivity contribution is 0.123. The van der Waals surface area contributed by atoms with E-state index < -0.39 is 18.8 Å². The second kappa shape index (κ2) is 8.15. The van der Waals surface area contributed by atoms with Crippen molar-refractivity contribution in [3.05, 3.63) is 41.2 Å². The fourth-order valence-electron chi connectivity index (χ4n) is 3.44. The highest BCUT2D eigenvalue weighted by Crippen LogP contribution is 2.24. The number of halogens is 2. The molecule has 1 aromatic rings. The minimum atomic E-state index is -0.868. The second-order valence-corrected chi connectivity index (χ2v) is 6.86. The Kier molecular flexibility index (Phi) is 5.93. The monoisotopic (exact) mass is 334 g/mol.